The molecule has 1 heterocycles. The molecular formula is C8H2Cl3NO3. The highest BCUT2D eigenvalue weighted by Gasteiger charge is 2.13. The summed E-state index contributed by atoms with van der Waals surface area (Å²) in [6.07, 6.45) is 0. The van der Waals surface area contributed by atoms with Crippen LogP contribution in [0, 0.1) is 0 Å². The molecule has 0 radical (unpaired) electrons. The van der Waals surface area contributed by atoms with Crippen LogP contribution in [0.15, 0.2) is 20.1 Å². The number of benzene rings is 1. The van der Waals surface area contributed by atoms with E-state index in [1.807, 2.05) is 0 Å². The van der Waals surface area contributed by atoms with Crippen molar-refractivity contribution in [3.63, 3.8) is 0 Å². The molecule has 15 heavy (non-hydrogen) atoms. The van der Waals surface area contributed by atoms with Crippen LogP contribution < -0.4 is 11.4 Å². The van der Waals surface area contributed by atoms with E-state index in [1.165, 1.54) is 6.07 Å². The van der Waals surface area contributed by atoms with E-state index in [4.69, 9.17) is 34.8 Å². The lowest BCUT2D eigenvalue weighted by molar-refractivity contribution is 0.460. The van der Waals surface area contributed by atoms with Gasteiger partial charge in [0.15, 0.2) is 0 Å². The zero-order chi connectivity index (χ0) is 11.2. The molecule has 0 bridgehead atoms. The van der Waals surface area contributed by atoms with Crippen molar-refractivity contribution in [1.82, 2.24) is 4.98 Å². The predicted octanol–water partition coefficient (Wildman–Crippen LogP) is 2.44. The van der Waals surface area contributed by atoms with Crippen molar-refractivity contribution < 1.29 is 4.42 Å². The molecule has 4 nitrogen and oxygen atoms in total. The normalized spacial score (nSPS) is 10.9. The van der Waals surface area contributed by atoms with Crippen LogP contribution in [0.1, 0.15) is 0 Å². The molecule has 1 aromatic heterocycles. The lowest BCUT2D eigenvalue weighted by Crippen LogP contribution is -2.15. The topological polar surface area (TPSA) is 63.1 Å². The minimum absolute atomic E-state index is 0.000988. The maximum atomic E-state index is 11.3. The molecule has 0 aliphatic rings. The van der Waals surface area contributed by atoms with Crippen LogP contribution in [0.4, 0.5) is 0 Å². The van der Waals surface area contributed by atoms with Gasteiger partial charge in [-0.15, -0.1) is 0 Å². The first-order valence-electron chi connectivity index (χ1n) is 3.71. The van der Waals surface area contributed by atoms with Gasteiger partial charge >= 0.3 is 11.4 Å². The second-order valence-corrected chi connectivity index (χ2v) is 3.90. The number of aromatic amines is 1. The van der Waals surface area contributed by atoms with E-state index in [2.05, 4.69) is 9.40 Å². The summed E-state index contributed by atoms with van der Waals surface area (Å²) in [7, 11) is 0. The largest absolute Gasteiger partial charge is 0.419 e. The summed E-state index contributed by atoms with van der Waals surface area (Å²) in [5.74, 6) is -0.896. The van der Waals surface area contributed by atoms with Gasteiger partial charge in [0.25, 0.3) is 0 Å². The monoisotopic (exact) mass is 265 g/mol. The number of fused-ring (bicyclic) bond motifs is 1. The van der Waals surface area contributed by atoms with Gasteiger partial charge in [-0.1, -0.05) is 34.8 Å². The SMILES string of the molecule is O=c1[nH]c2c(Cl)cc(Cl)c(Cl)c2c(=O)o1. The van der Waals surface area contributed by atoms with Crippen molar-refractivity contribution in [2.45, 2.75) is 0 Å². The summed E-state index contributed by atoms with van der Waals surface area (Å²) < 4.78 is 4.31. The van der Waals surface area contributed by atoms with Gasteiger partial charge in [0.2, 0.25) is 0 Å². The van der Waals surface area contributed by atoms with Crippen molar-refractivity contribution in [2.24, 2.45) is 0 Å². The molecule has 0 amide bonds. The zero-order valence-electron chi connectivity index (χ0n) is 6.94. The van der Waals surface area contributed by atoms with Gasteiger partial charge in [0.05, 0.1) is 20.6 Å². The molecule has 0 aliphatic carbocycles. The van der Waals surface area contributed by atoms with Gasteiger partial charge in [-0.2, -0.15) is 0 Å². The Bertz CT molecular complexity index is 658. The van der Waals surface area contributed by atoms with E-state index in [1.54, 1.807) is 0 Å². The van der Waals surface area contributed by atoms with E-state index in [-0.39, 0.29) is 26.0 Å². The number of rotatable bonds is 0. The van der Waals surface area contributed by atoms with E-state index in [0.717, 1.165) is 0 Å². The number of hydrogen-bond donors (Lipinski definition) is 1. The Balaban J connectivity index is 3.17. The van der Waals surface area contributed by atoms with Crippen LogP contribution in [0.5, 0.6) is 0 Å². The average Bonchev–Trinajstić information content (AvgIpc) is 2.13. The Morgan fingerprint density at radius 1 is 1.13 bits per heavy atom. The number of aromatic nitrogens is 1. The standard InChI is InChI=1S/C8H2Cl3NO3/c9-2-1-3(10)6-4(5(2)11)7(13)15-8(14)12-6/h1H,(H,12,14). The molecule has 0 spiro atoms. The van der Waals surface area contributed by atoms with Gasteiger partial charge in [-0.05, 0) is 6.07 Å². The van der Waals surface area contributed by atoms with Crippen molar-refractivity contribution in [1.29, 1.82) is 0 Å². The summed E-state index contributed by atoms with van der Waals surface area (Å²) in [6, 6.07) is 1.34. The van der Waals surface area contributed by atoms with Crippen molar-refractivity contribution in [3.8, 4) is 0 Å². The molecule has 1 N–H and O–H groups in total. The summed E-state index contributed by atoms with van der Waals surface area (Å²) in [6.45, 7) is 0. The van der Waals surface area contributed by atoms with Gasteiger partial charge in [0.1, 0.15) is 5.39 Å². The minimum atomic E-state index is -0.896. The second-order valence-electron chi connectivity index (χ2n) is 2.71. The smallest absolute Gasteiger partial charge is 0.372 e. The van der Waals surface area contributed by atoms with Crippen LogP contribution >= 0.6 is 34.8 Å². The van der Waals surface area contributed by atoms with Gasteiger partial charge in [-0.3, -0.25) is 4.98 Å². The van der Waals surface area contributed by atoms with Crippen LogP contribution in [-0.4, -0.2) is 4.98 Å². The molecule has 0 aliphatic heterocycles. The maximum Gasteiger partial charge on any atom is 0.419 e. The van der Waals surface area contributed by atoms with Crippen molar-refractivity contribution in [3.05, 3.63) is 42.1 Å². The van der Waals surface area contributed by atoms with Crippen LogP contribution in [0.3, 0.4) is 0 Å². The maximum absolute atomic E-state index is 11.3. The number of halogens is 3. The Hall–Kier alpha value is -0.970. The average molecular weight is 266 g/mol. The van der Waals surface area contributed by atoms with Crippen LogP contribution in [0.25, 0.3) is 10.9 Å². The Morgan fingerprint density at radius 2 is 1.80 bits per heavy atom. The third-order valence-electron chi connectivity index (χ3n) is 1.79. The highest BCUT2D eigenvalue weighted by atomic mass is 35.5. The molecular weight excluding hydrogens is 264 g/mol. The summed E-state index contributed by atoms with van der Waals surface area (Å²) in [5.41, 5.74) is -0.754. The zero-order valence-corrected chi connectivity index (χ0v) is 9.20. The molecule has 1 aromatic carbocycles. The fourth-order valence-electron chi connectivity index (χ4n) is 1.17. The first kappa shape index (κ1) is 10.5. The highest BCUT2D eigenvalue weighted by molar-refractivity contribution is 6.47. The molecule has 0 saturated heterocycles. The van der Waals surface area contributed by atoms with Gasteiger partial charge in [0, 0.05) is 0 Å². The minimum Gasteiger partial charge on any atom is -0.372 e. The van der Waals surface area contributed by atoms with Crippen LogP contribution in [0.2, 0.25) is 15.1 Å². The molecule has 2 rings (SSSR count). The number of hydrogen-bond acceptors (Lipinski definition) is 3. The Morgan fingerprint density at radius 3 is 2.47 bits per heavy atom. The van der Waals surface area contributed by atoms with Crippen molar-refractivity contribution >= 4 is 45.7 Å². The molecule has 0 atom stereocenters. The van der Waals surface area contributed by atoms with E-state index in [0.29, 0.717) is 0 Å². The second kappa shape index (κ2) is 3.56. The predicted molar refractivity (Wildman–Crippen MR) is 58.1 cm³/mol. The number of nitrogens with one attached hydrogen (secondary N) is 1. The first-order chi connectivity index (χ1) is 7.00. The third-order valence-corrected chi connectivity index (χ3v) is 2.87. The molecule has 0 saturated carbocycles. The number of H-pyrrole nitrogens is 1. The lowest BCUT2D eigenvalue weighted by Gasteiger charge is -2.02. The quantitative estimate of drug-likeness (QED) is 0.745. The highest BCUT2D eigenvalue weighted by Crippen LogP contribution is 2.32. The first-order valence-corrected chi connectivity index (χ1v) is 4.84. The van der Waals surface area contributed by atoms with E-state index in [9.17, 15) is 9.59 Å². The fraction of sp³-hybridized carbons (Fsp3) is 0. The van der Waals surface area contributed by atoms with E-state index >= 15 is 0 Å². The van der Waals surface area contributed by atoms with E-state index < -0.39 is 11.4 Å². The van der Waals surface area contributed by atoms with Crippen molar-refractivity contribution in [2.75, 3.05) is 0 Å². The summed E-state index contributed by atoms with van der Waals surface area (Å²) in [4.78, 5) is 24.5. The Labute approximate surface area is 97.4 Å². The lowest BCUT2D eigenvalue weighted by atomic mass is 10.2. The molecule has 0 unspecified atom stereocenters. The third kappa shape index (κ3) is 1.65. The van der Waals surface area contributed by atoms with Gasteiger partial charge in [-0.25, -0.2) is 9.59 Å². The molecule has 7 heteroatoms. The summed E-state index contributed by atoms with van der Waals surface area (Å²) in [5, 5.41) is 0.216. The van der Waals surface area contributed by atoms with Gasteiger partial charge < -0.3 is 4.42 Å². The molecule has 78 valence electrons. The molecule has 0 fully saturated rings. The Kier molecular flexibility index (Phi) is 2.50. The summed E-state index contributed by atoms with van der Waals surface area (Å²) >= 11 is 17.3. The fourth-order valence-corrected chi connectivity index (χ4v) is 1.91. The van der Waals surface area contributed by atoms with Crippen LogP contribution in [-0.2, 0) is 0 Å². The molecule has 2 aromatic rings.